The van der Waals surface area contributed by atoms with E-state index in [1.54, 1.807) is 23.0 Å². The van der Waals surface area contributed by atoms with Crippen LogP contribution in [0.1, 0.15) is 17.4 Å². The molecule has 1 amide bonds. The highest BCUT2D eigenvalue weighted by Crippen LogP contribution is 2.13. The van der Waals surface area contributed by atoms with Gasteiger partial charge >= 0.3 is 0 Å². The largest absolute Gasteiger partial charge is 0.336 e. The van der Waals surface area contributed by atoms with Crippen molar-refractivity contribution in [1.82, 2.24) is 20.0 Å². The van der Waals surface area contributed by atoms with Gasteiger partial charge in [0, 0.05) is 18.4 Å². The van der Waals surface area contributed by atoms with Crippen LogP contribution in [0.2, 0.25) is 0 Å². The first-order valence-electron chi connectivity index (χ1n) is 7.24. The van der Waals surface area contributed by atoms with Gasteiger partial charge in [0.05, 0.1) is 11.9 Å². The van der Waals surface area contributed by atoms with Crippen molar-refractivity contribution >= 4 is 23.1 Å². The molecule has 2 heterocycles. The number of anilines is 3. The number of amides is 1. The summed E-state index contributed by atoms with van der Waals surface area (Å²) in [6.07, 6.45) is 3.58. The molecule has 0 aliphatic rings. The smallest absolute Gasteiger partial charge is 0.276 e. The van der Waals surface area contributed by atoms with Crippen LogP contribution in [0.15, 0.2) is 54.9 Å². The van der Waals surface area contributed by atoms with E-state index in [0.29, 0.717) is 11.5 Å². The Balaban J connectivity index is 1.65. The fourth-order valence-electron chi connectivity index (χ4n) is 1.99. The molecule has 0 saturated carbocycles. The van der Waals surface area contributed by atoms with Crippen molar-refractivity contribution in [2.45, 2.75) is 13.5 Å². The minimum atomic E-state index is -0.297. The highest BCUT2D eigenvalue weighted by molar-refractivity contribution is 6.02. The van der Waals surface area contributed by atoms with Gasteiger partial charge in [0.2, 0.25) is 0 Å². The lowest BCUT2D eigenvalue weighted by Crippen LogP contribution is -2.14. The van der Waals surface area contributed by atoms with Gasteiger partial charge in [-0.3, -0.25) is 9.48 Å². The van der Waals surface area contributed by atoms with E-state index in [9.17, 15) is 4.79 Å². The molecule has 3 rings (SSSR count). The number of aromatic nitrogens is 4. The van der Waals surface area contributed by atoms with Crippen LogP contribution in [0.4, 0.5) is 17.2 Å². The molecule has 116 valence electrons. The lowest BCUT2D eigenvalue weighted by atomic mass is 10.3. The van der Waals surface area contributed by atoms with E-state index in [1.807, 2.05) is 43.5 Å². The third kappa shape index (κ3) is 3.70. The average Bonchev–Trinajstić information content (AvgIpc) is 3.04. The summed E-state index contributed by atoms with van der Waals surface area (Å²) >= 11 is 0. The summed E-state index contributed by atoms with van der Waals surface area (Å²) < 4.78 is 1.80. The Kier molecular flexibility index (Phi) is 4.28. The average molecular weight is 308 g/mol. The van der Waals surface area contributed by atoms with Crippen molar-refractivity contribution in [2.24, 2.45) is 0 Å². The summed E-state index contributed by atoms with van der Waals surface area (Å²) in [5.41, 5.74) is 1.79. The van der Waals surface area contributed by atoms with Crippen molar-refractivity contribution in [2.75, 3.05) is 10.6 Å². The van der Waals surface area contributed by atoms with E-state index in [2.05, 4.69) is 25.9 Å². The second-order valence-electron chi connectivity index (χ2n) is 4.83. The summed E-state index contributed by atoms with van der Waals surface area (Å²) in [5, 5.41) is 18.0. The number of aryl methyl sites for hydroxylation is 1. The standard InChI is InChI=1S/C16H16N6O/c1-2-22-11-13(10-17-22)18-15-9-8-14(20-21-15)16(23)19-12-6-4-3-5-7-12/h3-11H,2H2,1H3,(H,18,21)(H,19,23). The number of rotatable bonds is 5. The number of hydrogen-bond donors (Lipinski definition) is 2. The van der Waals surface area contributed by atoms with Crippen LogP contribution in [0, 0.1) is 0 Å². The second-order valence-corrected chi connectivity index (χ2v) is 4.83. The van der Waals surface area contributed by atoms with Crippen molar-refractivity contribution in [1.29, 1.82) is 0 Å². The number of benzene rings is 1. The zero-order valence-corrected chi connectivity index (χ0v) is 12.6. The van der Waals surface area contributed by atoms with Gasteiger partial charge in [-0.1, -0.05) is 18.2 Å². The molecule has 0 fully saturated rings. The number of carbonyl (C=O) groups excluding carboxylic acids is 1. The number of nitrogens with zero attached hydrogens (tertiary/aromatic N) is 4. The fraction of sp³-hybridized carbons (Fsp3) is 0.125. The molecule has 0 unspecified atom stereocenters. The summed E-state index contributed by atoms with van der Waals surface area (Å²) in [6.45, 7) is 2.81. The van der Waals surface area contributed by atoms with E-state index < -0.39 is 0 Å². The maximum Gasteiger partial charge on any atom is 0.276 e. The Morgan fingerprint density at radius 1 is 1.09 bits per heavy atom. The Morgan fingerprint density at radius 3 is 2.57 bits per heavy atom. The molecule has 0 radical (unpaired) electrons. The molecule has 0 atom stereocenters. The molecule has 1 aromatic carbocycles. The van der Waals surface area contributed by atoms with Crippen LogP contribution in [0.3, 0.4) is 0 Å². The summed E-state index contributed by atoms with van der Waals surface area (Å²) in [4.78, 5) is 12.1. The normalized spacial score (nSPS) is 10.3. The number of carbonyl (C=O) groups is 1. The highest BCUT2D eigenvalue weighted by Gasteiger charge is 2.09. The molecular formula is C16H16N6O. The van der Waals surface area contributed by atoms with Crippen LogP contribution in [-0.4, -0.2) is 25.9 Å². The monoisotopic (exact) mass is 308 g/mol. The van der Waals surface area contributed by atoms with Crippen LogP contribution in [-0.2, 0) is 6.54 Å². The van der Waals surface area contributed by atoms with Gasteiger partial charge in [-0.25, -0.2) is 0 Å². The van der Waals surface area contributed by atoms with Gasteiger partial charge in [0.25, 0.3) is 5.91 Å². The molecule has 2 N–H and O–H groups in total. The van der Waals surface area contributed by atoms with Crippen LogP contribution < -0.4 is 10.6 Å². The number of para-hydroxylation sites is 1. The molecule has 0 aliphatic carbocycles. The fourth-order valence-corrected chi connectivity index (χ4v) is 1.99. The van der Waals surface area contributed by atoms with Gasteiger partial charge in [0.15, 0.2) is 11.5 Å². The van der Waals surface area contributed by atoms with Crippen LogP contribution >= 0.6 is 0 Å². The number of hydrogen-bond acceptors (Lipinski definition) is 5. The first-order chi connectivity index (χ1) is 11.2. The van der Waals surface area contributed by atoms with Gasteiger partial charge in [-0.15, -0.1) is 10.2 Å². The summed E-state index contributed by atoms with van der Waals surface area (Å²) in [7, 11) is 0. The van der Waals surface area contributed by atoms with E-state index in [0.717, 1.165) is 12.2 Å². The van der Waals surface area contributed by atoms with Crippen LogP contribution in [0.25, 0.3) is 0 Å². The zero-order valence-electron chi connectivity index (χ0n) is 12.6. The maximum atomic E-state index is 12.1. The van der Waals surface area contributed by atoms with Gasteiger partial charge in [-0.2, -0.15) is 5.10 Å². The van der Waals surface area contributed by atoms with E-state index in [-0.39, 0.29) is 11.6 Å². The third-order valence-electron chi connectivity index (χ3n) is 3.16. The van der Waals surface area contributed by atoms with Crippen molar-refractivity contribution in [3.8, 4) is 0 Å². The van der Waals surface area contributed by atoms with Crippen molar-refractivity contribution in [3.63, 3.8) is 0 Å². The van der Waals surface area contributed by atoms with E-state index >= 15 is 0 Å². The highest BCUT2D eigenvalue weighted by atomic mass is 16.1. The third-order valence-corrected chi connectivity index (χ3v) is 3.16. The molecule has 2 aromatic heterocycles. The Morgan fingerprint density at radius 2 is 1.91 bits per heavy atom. The first kappa shape index (κ1) is 14.7. The summed E-state index contributed by atoms with van der Waals surface area (Å²) in [5.74, 6) is 0.256. The molecule has 7 heteroatoms. The first-order valence-corrected chi connectivity index (χ1v) is 7.24. The predicted molar refractivity (Wildman–Crippen MR) is 87.6 cm³/mol. The van der Waals surface area contributed by atoms with Crippen LogP contribution in [0.5, 0.6) is 0 Å². The SMILES string of the molecule is CCn1cc(Nc2ccc(C(=O)Nc3ccccc3)nn2)cn1. The van der Waals surface area contributed by atoms with Crippen molar-refractivity contribution < 1.29 is 4.79 Å². The molecule has 23 heavy (non-hydrogen) atoms. The molecular weight excluding hydrogens is 292 g/mol. The molecule has 0 saturated heterocycles. The quantitative estimate of drug-likeness (QED) is 0.757. The molecule has 3 aromatic rings. The Hall–Kier alpha value is -3.22. The Bertz CT molecular complexity index is 782. The molecule has 0 aliphatic heterocycles. The lowest BCUT2D eigenvalue weighted by Gasteiger charge is -2.05. The van der Waals surface area contributed by atoms with Gasteiger partial charge < -0.3 is 10.6 Å². The minimum absolute atomic E-state index is 0.253. The topological polar surface area (TPSA) is 84.7 Å². The van der Waals surface area contributed by atoms with Crippen molar-refractivity contribution in [3.05, 3.63) is 60.6 Å². The van der Waals surface area contributed by atoms with E-state index in [1.165, 1.54) is 0 Å². The second kappa shape index (κ2) is 6.69. The van der Waals surface area contributed by atoms with E-state index in [4.69, 9.17) is 0 Å². The van der Waals surface area contributed by atoms with Gasteiger partial charge in [0.1, 0.15) is 0 Å². The number of nitrogens with one attached hydrogen (secondary N) is 2. The van der Waals surface area contributed by atoms with Gasteiger partial charge in [-0.05, 0) is 31.2 Å². The Labute approximate surface area is 133 Å². The summed E-state index contributed by atoms with van der Waals surface area (Å²) in [6, 6.07) is 12.5. The minimum Gasteiger partial charge on any atom is -0.336 e. The molecule has 0 bridgehead atoms. The predicted octanol–water partition coefficient (Wildman–Crippen LogP) is 2.69. The molecule has 0 spiro atoms. The molecule has 7 nitrogen and oxygen atoms in total. The zero-order chi connectivity index (χ0) is 16.1. The lowest BCUT2D eigenvalue weighted by molar-refractivity contribution is 0.102. The maximum absolute atomic E-state index is 12.1.